The van der Waals surface area contributed by atoms with Crippen molar-refractivity contribution in [2.45, 2.75) is 11.4 Å². The molecule has 0 unspecified atom stereocenters. The molecule has 0 saturated heterocycles. The zero-order valence-electron chi connectivity index (χ0n) is 14.3. The van der Waals surface area contributed by atoms with Crippen molar-refractivity contribution in [3.8, 4) is 0 Å². The fraction of sp³-hybridized carbons (Fsp3) is 0.0526. The molecule has 0 aliphatic carbocycles. The SMILES string of the molecule is O=[N+]([O-])c1cccc(S(=O)(=O)N(Cc2cccc(F)c2)c2cccc(Cl)c2)c1. The lowest BCUT2D eigenvalue weighted by Crippen LogP contribution is -2.30. The van der Waals surface area contributed by atoms with Crippen LogP contribution < -0.4 is 4.31 Å². The standard InChI is InChI=1S/C19H14ClFN2O4S/c20-15-5-2-7-17(11-15)22(13-14-4-1-6-16(21)10-14)28(26,27)19-9-3-8-18(12-19)23(24)25/h1-12H,13H2. The van der Waals surface area contributed by atoms with Crippen LogP contribution in [0.5, 0.6) is 0 Å². The largest absolute Gasteiger partial charge is 0.270 e. The number of rotatable bonds is 6. The number of halogens is 2. The molecule has 0 amide bonds. The van der Waals surface area contributed by atoms with Crippen LogP contribution in [0.3, 0.4) is 0 Å². The van der Waals surface area contributed by atoms with Crippen molar-refractivity contribution in [3.63, 3.8) is 0 Å². The first kappa shape index (κ1) is 19.8. The van der Waals surface area contributed by atoms with Gasteiger partial charge in [0.25, 0.3) is 15.7 Å². The molecule has 0 atom stereocenters. The molecule has 0 N–H and O–H groups in total. The first-order valence-corrected chi connectivity index (χ1v) is 9.86. The molecule has 9 heteroatoms. The lowest BCUT2D eigenvalue weighted by Gasteiger charge is -2.25. The van der Waals surface area contributed by atoms with Crippen LogP contribution in [0, 0.1) is 15.9 Å². The first-order valence-electron chi connectivity index (χ1n) is 8.04. The van der Waals surface area contributed by atoms with E-state index in [0.717, 1.165) is 10.4 Å². The van der Waals surface area contributed by atoms with Gasteiger partial charge in [0.05, 0.1) is 22.1 Å². The average Bonchev–Trinajstić information content (AvgIpc) is 2.66. The monoisotopic (exact) mass is 420 g/mol. The van der Waals surface area contributed by atoms with Crippen molar-refractivity contribution >= 4 is 33.0 Å². The normalized spacial score (nSPS) is 11.2. The number of anilines is 1. The van der Waals surface area contributed by atoms with Crippen molar-refractivity contribution in [2.75, 3.05) is 4.31 Å². The van der Waals surface area contributed by atoms with Gasteiger partial charge in [-0.1, -0.05) is 35.9 Å². The molecule has 144 valence electrons. The fourth-order valence-corrected chi connectivity index (χ4v) is 4.30. The smallest absolute Gasteiger partial charge is 0.262 e. The van der Waals surface area contributed by atoms with Crippen LogP contribution in [0.1, 0.15) is 5.56 Å². The Bertz CT molecular complexity index is 1140. The van der Waals surface area contributed by atoms with Gasteiger partial charge in [-0.25, -0.2) is 12.8 Å². The quantitative estimate of drug-likeness (QED) is 0.424. The minimum absolute atomic E-state index is 0.177. The predicted octanol–water partition coefficient (Wildman–Crippen LogP) is 4.78. The second-order valence-corrected chi connectivity index (χ2v) is 8.17. The van der Waals surface area contributed by atoms with E-state index in [1.165, 1.54) is 42.5 Å². The minimum atomic E-state index is -4.19. The number of nitrogens with zero attached hydrogens (tertiary/aromatic N) is 2. The van der Waals surface area contributed by atoms with Crippen molar-refractivity contribution in [3.05, 3.63) is 99.3 Å². The molecule has 0 aliphatic rings. The third-order valence-corrected chi connectivity index (χ3v) is 5.93. The van der Waals surface area contributed by atoms with Gasteiger partial charge in [-0.05, 0) is 42.0 Å². The van der Waals surface area contributed by atoms with Crippen molar-refractivity contribution in [1.82, 2.24) is 0 Å². The zero-order chi connectivity index (χ0) is 20.3. The molecule has 28 heavy (non-hydrogen) atoms. The Labute approximate surface area is 166 Å². The van der Waals surface area contributed by atoms with E-state index in [4.69, 9.17) is 11.6 Å². The molecule has 0 aliphatic heterocycles. The molecule has 0 radical (unpaired) electrons. The van der Waals surface area contributed by atoms with E-state index in [2.05, 4.69) is 0 Å². The number of benzene rings is 3. The van der Waals surface area contributed by atoms with E-state index < -0.39 is 20.8 Å². The van der Waals surface area contributed by atoms with Gasteiger partial charge in [0, 0.05) is 17.2 Å². The minimum Gasteiger partial charge on any atom is -0.262 e. The van der Waals surface area contributed by atoms with Crippen molar-refractivity contribution < 1.29 is 17.7 Å². The number of sulfonamides is 1. The molecule has 3 rings (SSSR count). The second-order valence-electron chi connectivity index (χ2n) is 5.88. The van der Waals surface area contributed by atoms with Gasteiger partial charge in [0.2, 0.25) is 0 Å². The van der Waals surface area contributed by atoms with E-state index in [1.54, 1.807) is 24.3 Å². The van der Waals surface area contributed by atoms with Crippen LogP contribution in [0.15, 0.2) is 77.7 Å². The second kappa shape index (κ2) is 7.95. The maximum Gasteiger partial charge on any atom is 0.270 e. The maximum atomic E-state index is 13.6. The van der Waals surface area contributed by atoms with E-state index in [1.807, 2.05) is 0 Å². The first-order chi connectivity index (χ1) is 13.3. The zero-order valence-corrected chi connectivity index (χ0v) is 15.9. The average molecular weight is 421 g/mol. The van der Waals surface area contributed by atoms with E-state index in [-0.39, 0.29) is 22.8 Å². The lowest BCUT2D eigenvalue weighted by molar-refractivity contribution is -0.385. The summed E-state index contributed by atoms with van der Waals surface area (Å²) >= 11 is 6.01. The molecule has 0 heterocycles. The van der Waals surface area contributed by atoms with Crippen LogP contribution in [-0.2, 0) is 16.6 Å². The molecular formula is C19H14ClFN2O4S. The number of nitro groups is 1. The fourth-order valence-electron chi connectivity index (χ4n) is 2.63. The molecular weight excluding hydrogens is 407 g/mol. The molecule has 3 aromatic rings. The summed E-state index contributed by atoms with van der Waals surface area (Å²) in [6.45, 7) is -0.177. The Morgan fingerprint density at radius 2 is 1.71 bits per heavy atom. The summed E-state index contributed by atoms with van der Waals surface area (Å²) < 4.78 is 41.2. The summed E-state index contributed by atoms with van der Waals surface area (Å²) in [7, 11) is -4.19. The Kier molecular flexibility index (Phi) is 5.62. The number of hydrogen-bond acceptors (Lipinski definition) is 4. The summed E-state index contributed by atoms with van der Waals surface area (Å²) in [5, 5.41) is 11.3. The highest BCUT2D eigenvalue weighted by atomic mass is 35.5. The van der Waals surface area contributed by atoms with E-state index >= 15 is 0 Å². The Morgan fingerprint density at radius 3 is 2.39 bits per heavy atom. The van der Waals surface area contributed by atoms with E-state index in [9.17, 15) is 22.9 Å². The van der Waals surface area contributed by atoms with Gasteiger partial charge in [-0.2, -0.15) is 0 Å². The van der Waals surface area contributed by atoms with Gasteiger partial charge < -0.3 is 0 Å². The third kappa shape index (κ3) is 4.29. The van der Waals surface area contributed by atoms with Crippen LogP contribution in [0.25, 0.3) is 0 Å². The molecule has 0 bridgehead atoms. The summed E-state index contributed by atoms with van der Waals surface area (Å²) in [5.74, 6) is -0.503. The topological polar surface area (TPSA) is 80.5 Å². The maximum absolute atomic E-state index is 13.6. The molecule has 3 aromatic carbocycles. The van der Waals surface area contributed by atoms with E-state index in [0.29, 0.717) is 10.6 Å². The summed E-state index contributed by atoms with van der Waals surface area (Å²) in [5.41, 5.74) is 0.315. The molecule has 0 spiro atoms. The Balaban J connectivity index is 2.12. The van der Waals surface area contributed by atoms with Crippen LogP contribution in [0.2, 0.25) is 5.02 Å². The third-order valence-electron chi connectivity index (χ3n) is 3.93. The lowest BCUT2D eigenvalue weighted by atomic mass is 10.2. The van der Waals surface area contributed by atoms with Crippen LogP contribution >= 0.6 is 11.6 Å². The molecule has 0 fully saturated rings. The Morgan fingerprint density at radius 1 is 1.00 bits per heavy atom. The highest BCUT2D eigenvalue weighted by molar-refractivity contribution is 7.92. The Hall–Kier alpha value is -2.97. The molecule has 0 saturated carbocycles. The molecule has 6 nitrogen and oxygen atoms in total. The predicted molar refractivity (Wildman–Crippen MR) is 104 cm³/mol. The number of non-ortho nitro benzene ring substituents is 1. The van der Waals surface area contributed by atoms with Gasteiger partial charge in [-0.3, -0.25) is 14.4 Å². The van der Waals surface area contributed by atoms with Crippen molar-refractivity contribution in [1.29, 1.82) is 0 Å². The number of nitro benzene ring substituents is 1. The van der Waals surface area contributed by atoms with Gasteiger partial charge in [0.15, 0.2) is 0 Å². The molecule has 0 aromatic heterocycles. The van der Waals surface area contributed by atoms with Crippen LogP contribution in [0.4, 0.5) is 15.8 Å². The van der Waals surface area contributed by atoms with Crippen LogP contribution in [-0.4, -0.2) is 13.3 Å². The summed E-state index contributed by atoms with van der Waals surface area (Å²) in [6, 6.07) is 16.5. The van der Waals surface area contributed by atoms with Gasteiger partial charge in [0.1, 0.15) is 5.82 Å². The van der Waals surface area contributed by atoms with Gasteiger partial charge >= 0.3 is 0 Å². The van der Waals surface area contributed by atoms with Gasteiger partial charge in [-0.15, -0.1) is 0 Å². The number of hydrogen-bond donors (Lipinski definition) is 0. The summed E-state index contributed by atoms with van der Waals surface area (Å²) in [4.78, 5) is 10.1. The van der Waals surface area contributed by atoms with Crippen molar-refractivity contribution in [2.24, 2.45) is 0 Å². The highest BCUT2D eigenvalue weighted by Gasteiger charge is 2.27. The highest BCUT2D eigenvalue weighted by Crippen LogP contribution is 2.29. The summed E-state index contributed by atoms with van der Waals surface area (Å²) in [6.07, 6.45) is 0.